The quantitative estimate of drug-likeness (QED) is 0.513. The fourth-order valence-corrected chi connectivity index (χ4v) is 3.22. The Morgan fingerprint density at radius 1 is 1.11 bits per heavy atom. The number of carbonyl (C=O) groups excluding carboxylic acids is 1. The van der Waals surface area contributed by atoms with Crippen LogP contribution < -0.4 is 5.32 Å². The van der Waals surface area contributed by atoms with Crippen LogP contribution in [-0.4, -0.2) is 26.3 Å². The maximum atomic E-state index is 12.1. The second kappa shape index (κ2) is 7.96. The predicted octanol–water partition coefficient (Wildman–Crippen LogP) is 3.44. The Labute approximate surface area is 159 Å². The van der Waals surface area contributed by atoms with Crippen LogP contribution in [0.4, 0.5) is 0 Å². The molecule has 0 atom stereocenters. The third-order valence-electron chi connectivity index (χ3n) is 4.06. The van der Waals surface area contributed by atoms with Crippen molar-refractivity contribution in [2.75, 3.05) is 0 Å². The lowest BCUT2D eigenvalue weighted by molar-refractivity contribution is -0.121. The third-order valence-corrected chi connectivity index (χ3v) is 4.74. The molecular weight excluding hydrogens is 362 g/mol. The second-order valence-corrected chi connectivity index (χ2v) is 6.74. The minimum atomic E-state index is -0.0528. The summed E-state index contributed by atoms with van der Waals surface area (Å²) in [6.45, 7) is 0.478. The number of H-pyrrole nitrogens is 1. The topological polar surface area (TPSA) is 96.7 Å². The smallest absolute Gasteiger partial charge is 0.248 e. The van der Waals surface area contributed by atoms with E-state index in [4.69, 9.17) is 4.42 Å². The summed E-state index contributed by atoms with van der Waals surface area (Å²) in [4.78, 5) is 12.1. The van der Waals surface area contributed by atoms with E-state index in [2.05, 4.69) is 25.7 Å². The van der Waals surface area contributed by atoms with Gasteiger partial charge in [0.1, 0.15) is 0 Å². The molecule has 1 aromatic carbocycles. The molecule has 4 aromatic rings. The summed E-state index contributed by atoms with van der Waals surface area (Å²) in [5.74, 6) is 0.905. The van der Waals surface area contributed by atoms with Gasteiger partial charge in [0.05, 0.1) is 5.69 Å². The Balaban J connectivity index is 1.25. The summed E-state index contributed by atoms with van der Waals surface area (Å²) in [6.07, 6.45) is 2.44. The lowest BCUT2D eigenvalue weighted by atomic mass is 10.1. The first-order chi connectivity index (χ1) is 13.3. The molecule has 0 aliphatic rings. The van der Waals surface area contributed by atoms with Gasteiger partial charge in [-0.15, -0.1) is 10.2 Å². The number of nitrogens with one attached hydrogen (secondary N) is 2. The molecule has 1 amide bonds. The highest BCUT2D eigenvalue weighted by Crippen LogP contribution is 2.21. The highest BCUT2D eigenvalue weighted by atomic mass is 32.1. The molecule has 0 radical (unpaired) electrons. The monoisotopic (exact) mass is 379 g/mol. The van der Waals surface area contributed by atoms with Crippen molar-refractivity contribution >= 4 is 17.2 Å². The van der Waals surface area contributed by atoms with E-state index in [9.17, 15) is 4.79 Å². The molecule has 4 rings (SSSR count). The van der Waals surface area contributed by atoms with Gasteiger partial charge in [-0.2, -0.15) is 16.4 Å². The molecular formula is C19H17N5O2S. The first kappa shape index (κ1) is 17.2. The van der Waals surface area contributed by atoms with Crippen LogP contribution in [0.25, 0.3) is 22.7 Å². The fraction of sp³-hybridized carbons (Fsp3) is 0.158. The highest BCUT2D eigenvalue weighted by molar-refractivity contribution is 7.08. The van der Waals surface area contributed by atoms with Crippen LogP contribution in [-0.2, 0) is 17.8 Å². The van der Waals surface area contributed by atoms with Crippen LogP contribution in [0.1, 0.15) is 17.9 Å². The van der Waals surface area contributed by atoms with Crippen molar-refractivity contribution in [1.82, 2.24) is 25.7 Å². The number of carbonyl (C=O) groups is 1. The zero-order valence-corrected chi connectivity index (χ0v) is 15.2. The average molecular weight is 379 g/mol. The Morgan fingerprint density at radius 3 is 2.74 bits per heavy atom. The molecule has 0 spiro atoms. The third kappa shape index (κ3) is 4.29. The molecule has 27 heavy (non-hydrogen) atoms. The number of nitrogens with zero attached hydrogens (tertiary/aromatic N) is 3. The standard InChI is InChI=1S/C19H17N5O2S/c25-17(5-6-18-23-24-19(26-18)15-8-10-27-12-15)20-11-13-1-3-14(4-2-13)16-7-9-21-22-16/h1-4,7-10,12H,5-6,11H2,(H,20,25)(H,21,22). The van der Waals surface area contributed by atoms with Crippen LogP contribution >= 0.6 is 11.3 Å². The van der Waals surface area contributed by atoms with Crippen molar-refractivity contribution in [3.05, 3.63) is 64.8 Å². The number of aromatic amines is 1. The van der Waals surface area contributed by atoms with Gasteiger partial charge in [0.15, 0.2) is 0 Å². The number of benzene rings is 1. The van der Waals surface area contributed by atoms with Crippen LogP contribution in [0.15, 0.2) is 57.8 Å². The Hall–Kier alpha value is -3.26. The van der Waals surface area contributed by atoms with E-state index < -0.39 is 0 Å². The van der Waals surface area contributed by atoms with Gasteiger partial charge in [-0.1, -0.05) is 24.3 Å². The van der Waals surface area contributed by atoms with E-state index in [0.29, 0.717) is 31.2 Å². The summed E-state index contributed by atoms with van der Waals surface area (Å²) in [7, 11) is 0. The lowest BCUT2D eigenvalue weighted by Crippen LogP contribution is -2.23. The zero-order valence-electron chi connectivity index (χ0n) is 14.4. The molecule has 3 heterocycles. The largest absolute Gasteiger partial charge is 0.421 e. The van der Waals surface area contributed by atoms with Gasteiger partial charge in [-0.3, -0.25) is 9.89 Å². The molecule has 0 aliphatic carbocycles. The predicted molar refractivity (Wildman–Crippen MR) is 102 cm³/mol. The maximum Gasteiger partial charge on any atom is 0.248 e. The Bertz CT molecular complexity index is 991. The van der Waals surface area contributed by atoms with E-state index in [1.807, 2.05) is 47.2 Å². The normalized spacial score (nSPS) is 10.8. The maximum absolute atomic E-state index is 12.1. The number of rotatable bonds is 7. The fourth-order valence-electron chi connectivity index (χ4n) is 2.59. The average Bonchev–Trinajstić information content (AvgIpc) is 3.47. The number of aryl methyl sites for hydroxylation is 1. The van der Waals surface area contributed by atoms with Crippen molar-refractivity contribution < 1.29 is 9.21 Å². The SMILES string of the molecule is O=C(CCc1nnc(-c2ccsc2)o1)NCc1ccc(-c2ccn[nH]2)cc1. The van der Waals surface area contributed by atoms with E-state index in [1.165, 1.54) is 0 Å². The van der Waals surface area contributed by atoms with Gasteiger partial charge in [-0.25, -0.2) is 0 Å². The number of hydrogen-bond acceptors (Lipinski definition) is 6. The van der Waals surface area contributed by atoms with E-state index in [0.717, 1.165) is 22.4 Å². The summed E-state index contributed by atoms with van der Waals surface area (Å²) >= 11 is 1.57. The highest BCUT2D eigenvalue weighted by Gasteiger charge is 2.11. The van der Waals surface area contributed by atoms with Crippen molar-refractivity contribution in [3.8, 4) is 22.7 Å². The summed E-state index contributed by atoms with van der Waals surface area (Å²) in [5.41, 5.74) is 3.96. The summed E-state index contributed by atoms with van der Waals surface area (Å²) in [6, 6.07) is 11.8. The van der Waals surface area contributed by atoms with Gasteiger partial charge < -0.3 is 9.73 Å². The van der Waals surface area contributed by atoms with Crippen molar-refractivity contribution in [3.63, 3.8) is 0 Å². The number of thiophene rings is 1. The Kier molecular flexibility index (Phi) is 5.06. The molecule has 3 aromatic heterocycles. The molecule has 8 heteroatoms. The molecule has 0 saturated carbocycles. The van der Waals surface area contributed by atoms with E-state index >= 15 is 0 Å². The van der Waals surface area contributed by atoms with Gasteiger partial charge in [-0.05, 0) is 28.6 Å². The number of aromatic nitrogens is 4. The first-order valence-electron chi connectivity index (χ1n) is 8.48. The van der Waals surface area contributed by atoms with Gasteiger partial charge in [0, 0.05) is 36.5 Å². The Morgan fingerprint density at radius 2 is 2.00 bits per heavy atom. The molecule has 0 bridgehead atoms. The summed E-state index contributed by atoms with van der Waals surface area (Å²) in [5, 5.41) is 21.7. The van der Waals surface area contributed by atoms with E-state index in [-0.39, 0.29) is 5.91 Å². The first-order valence-corrected chi connectivity index (χ1v) is 9.42. The zero-order chi connectivity index (χ0) is 18.5. The van der Waals surface area contributed by atoms with Crippen molar-refractivity contribution in [2.45, 2.75) is 19.4 Å². The van der Waals surface area contributed by atoms with Gasteiger partial charge in [0.25, 0.3) is 0 Å². The van der Waals surface area contributed by atoms with E-state index in [1.54, 1.807) is 17.5 Å². The molecule has 0 fully saturated rings. The van der Waals surface area contributed by atoms with Gasteiger partial charge in [0.2, 0.25) is 17.7 Å². The molecule has 136 valence electrons. The molecule has 0 aliphatic heterocycles. The molecule has 0 saturated heterocycles. The molecule has 7 nitrogen and oxygen atoms in total. The van der Waals surface area contributed by atoms with Crippen molar-refractivity contribution in [2.24, 2.45) is 0 Å². The van der Waals surface area contributed by atoms with Crippen LogP contribution in [0.5, 0.6) is 0 Å². The van der Waals surface area contributed by atoms with Crippen molar-refractivity contribution in [1.29, 1.82) is 0 Å². The summed E-state index contributed by atoms with van der Waals surface area (Å²) < 4.78 is 5.59. The minimum Gasteiger partial charge on any atom is -0.421 e. The number of amides is 1. The minimum absolute atomic E-state index is 0.0528. The molecule has 2 N–H and O–H groups in total. The second-order valence-electron chi connectivity index (χ2n) is 5.96. The van der Waals surface area contributed by atoms with Crippen LogP contribution in [0.2, 0.25) is 0 Å². The lowest BCUT2D eigenvalue weighted by Gasteiger charge is -2.05. The van der Waals surface area contributed by atoms with Crippen LogP contribution in [0.3, 0.4) is 0 Å². The van der Waals surface area contributed by atoms with Gasteiger partial charge >= 0.3 is 0 Å². The number of hydrogen-bond donors (Lipinski definition) is 2. The van der Waals surface area contributed by atoms with Crippen LogP contribution in [0, 0.1) is 0 Å². The molecule has 0 unspecified atom stereocenters.